The molecule has 0 bridgehead atoms. The summed E-state index contributed by atoms with van der Waals surface area (Å²) in [6, 6.07) is 29.4. The third kappa shape index (κ3) is 6.10. The van der Waals surface area contributed by atoms with Crippen LogP contribution in [0.1, 0.15) is 41.6 Å². The van der Waals surface area contributed by atoms with Crippen molar-refractivity contribution in [2.75, 3.05) is 26.2 Å². The van der Waals surface area contributed by atoms with Gasteiger partial charge in [-0.05, 0) is 48.7 Å². The summed E-state index contributed by atoms with van der Waals surface area (Å²) in [5.41, 5.74) is 4.48. The van der Waals surface area contributed by atoms with Gasteiger partial charge in [-0.15, -0.1) is 0 Å². The number of aliphatic carboxylic acids is 1. The third-order valence-corrected chi connectivity index (χ3v) is 6.18. The van der Waals surface area contributed by atoms with E-state index < -0.39 is 5.97 Å². The minimum Gasteiger partial charge on any atom is -0.480 e. The van der Waals surface area contributed by atoms with Gasteiger partial charge in [-0.25, -0.2) is 0 Å². The first kappa shape index (κ1) is 22.8. The van der Waals surface area contributed by atoms with Crippen LogP contribution in [-0.4, -0.2) is 53.1 Å². The first-order valence-electron chi connectivity index (χ1n) is 11.5. The molecule has 33 heavy (non-hydrogen) atoms. The van der Waals surface area contributed by atoms with Crippen LogP contribution in [0.25, 0.3) is 0 Å². The standard InChI is InChI=1S/C29H30N2O2/c1-23-21-31(20-8-19-30(23)22-28(32)33)29(26-11-6-3-7-12-26)27-17-15-25(16-18-27)14-13-24-9-4-2-5-10-24/h2-7,9-12,15-18,23,29H,8,19-22H2,1H3,(H,32,33)/t23-,29-/m1/s1. The minimum atomic E-state index is -0.762. The van der Waals surface area contributed by atoms with Gasteiger partial charge < -0.3 is 5.11 Å². The molecule has 0 saturated carbocycles. The summed E-state index contributed by atoms with van der Waals surface area (Å²) in [4.78, 5) is 15.9. The normalized spacial score (nSPS) is 18.0. The van der Waals surface area contributed by atoms with Gasteiger partial charge in [0.1, 0.15) is 0 Å². The van der Waals surface area contributed by atoms with Crippen molar-refractivity contribution in [2.24, 2.45) is 0 Å². The lowest BCUT2D eigenvalue weighted by molar-refractivity contribution is -0.138. The van der Waals surface area contributed by atoms with Crippen molar-refractivity contribution in [1.29, 1.82) is 0 Å². The van der Waals surface area contributed by atoms with E-state index in [-0.39, 0.29) is 18.6 Å². The van der Waals surface area contributed by atoms with Crippen LogP contribution in [0, 0.1) is 11.8 Å². The van der Waals surface area contributed by atoms with Crippen LogP contribution >= 0.6 is 0 Å². The highest BCUT2D eigenvalue weighted by atomic mass is 16.4. The number of rotatable bonds is 5. The Kier molecular flexibility index (Phi) is 7.57. The van der Waals surface area contributed by atoms with Crippen molar-refractivity contribution in [1.82, 2.24) is 9.80 Å². The van der Waals surface area contributed by atoms with Crippen molar-refractivity contribution in [2.45, 2.75) is 25.4 Å². The van der Waals surface area contributed by atoms with Crippen LogP contribution in [0.4, 0.5) is 0 Å². The number of carboxylic acids is 1. The van der Waals surface area contributed by atoms with E-state index in [2.05, 4.69) is 77.1 Å². The highest BCUT2D eigenvalue weighted by Gasteiger charge is 2.29. The second-order valence-corrected chi connectivity index (χ2v) is 8.61. The van der Waals surface area contributed by atoms with Crippen molar-refractivity contribution in [3.63, 3.8) is 0 Å². The molecule has 0 aromatic heterocycles. The van der Waals surface area contributed by atoms with Crippen LogP contribution in [-0.2, 0) is 4.79 Å². The average Bonchev–Trinajstić information content (AvgIpc) is 3.01. The van der Waals surface area contributed by atoms with Gasteiger partial charge in [-0.1, -0.05) is 72.5 Å². The number of hydrogen-bond donors (Lipinski definition) is 1. The predicted molar refractivity (Wildman–Crippen MR) is 132 cm³/mol. The molecule has 1 aliphatic heterocycles. The van der Waals surface area contributed by atoms with Gasteiger partial charge in [0, 0.05) is 36.8 Å². The maximum atomic E-state index is 11.3. The lowest BCUT2D eigenvalue weighted by Gasteiger charge is -2.34. The third-order valence-electron chi connectivity index (χ3n) is 6.18. The summed E-state index contributed by atoms with van der Waals surface area (Å²) in [6.07, 6.45) is 0.946. The van der Waals surface area contributed by atoms with E-state index in [0.29, 0.717) is 0 Å². The van der Waals surface area contributed by atoms with Gasteiger partial charge in [0.15, 0.2) is 0 Å². The van der Waals surface area contributed by atoms with E-state index >= 15 is 0 Å². The van der Waals surface area contributed by atoms with Crippen LogP contribution < -0.4 is 0 Å². The molecule has 0 aliphatic carbocycles. The first-order chi connectivity index (χ1) is 16.1. The number of carboxylic acid groups (broad SMARTS) is 1. The Morgan fingerprint density at radius 1 is 0.879 bits per heavy atom. The summed E-state index contributed by atoms with van der Waals surface area (Å²) in [5, 5.41) is 9.28. The fourth-order valence-corrected chi connectivity index (χ4v) is 4.55. The van der Waals surface area contributed by atoms with Gasteiger partial charge in [-0.2, -0.15) is 0 Å². The van der Waals surface area contributed by atoms with Crippen LogP contribution in [0.2, 0.25) is 0 Å². The van der Waals surface area contributed by atoms with E-state index in [9.17, 15) is 9.90 Å². The summed E-state index contributed by atoms with van der Waals surface area (Å²) in [7, 11) is 0. The maximum Gasteiger partial charge on any atom is 0.317 e. The quantitative estimate of drug-likeness (QED) is 0.589. The molecular formula is C29H30N2O2. The van der Waals surface area contributed by atoms with Gasteiger partial charge in [0.2, 0.25) is 0 Å². The Hall–Kier alpha value is -3.39. The Balaban J connectivity index is 1.59. The fraction of sp³-hybridized carbons (Fsp3) is 0.276. The number of carbonyl (C=O) groups is 1. The Morgan fingerprint density at radius 2 is 1.45 bits per heavy atom. The molecule has 0 unspecified atom stereocenters. The Morgan fingerprint density at radius 3 is 2.09 bits per heavy atom. The molecular weight excluding hydrogens is 408 g/mol. The zero-order valence-corrected chi connectivity index (χ0v) is 19.0. The smallest absolute Gasteiger partial charge is 0.317 e. The minimum absolute atomic E-state index is 0.0970. The molecule has 3 aromatic carbocycles. The molecule has 1 saturated heterocycles. The van der Waals surface area contributed by atoms with Crippen LogP contribution in [0.3, 0.4) is 0 Å². The summed E-state index contributed by atoms with van der Waals surface area (Å²) < 4.78 is 0. The van der Waals surface area contributed by atoms with Crippen molar-refractivity contribution >= 4 is 5.97 Å². The summed E-state index contributed by atoms with van der Waals surface area (Å²) in [6.45, 7) is 4.78. The molecule has 4 rings (SSSR count). The monoisotopic (exact) mass is 438 g/mol. The molecule has 0 radical (unpaired) electrons. The highest BCUT2D eigenvalue weighted by molar-refractivity contribution is 5.69. The molecule has 0 amide bonds. The van der Waals surface area contributed by atoms with Crippen molar-refractivity contribution < 1.29 is 9.90 Å². The molecule has 4 nitrogen and oxygen atoms in total. The zero-order valence-electron chi connectivity index (χ0n) is 19.0. The average molecular weight is 439 g/mol. The number of nitrogens with zero attached hydrogens (tertiary/aromatic N) is 2. The Labute approximate surface area is 196 Å². The Bertz CT molecular complexity index is 1100. The van der Waals surface area contributed by atoms with E-state index in [0.717, 1.165) is 37.2 Å². The largest absolute Gasteiger partial charge is 0.480 e. The van der Waals surface area contributed by atoms with Crippen molar-refractivity contribution in [3.8, 4) is 11.8 Å². The van der Waals surface area contributed by atoms with Crippen molar-refractivity contribution in [3.05, 3.63) is 107 Å². The van der Waals surface area contributed by atoms with Gasteiger partial charge in [0.05, 0.1) is 12.6 Å². The van der Waals surface area contributed by atoms with Crippen LogP contribution in [0.5, 0.6) is 0 Å². The molecule has 0 spiro atoms. The second-order valence-electron chi connectivity index (χ2n) is 8.61. The van der Waals surface area contributed by atoms with E-state index in [4.69, 9.17) is 0 Å². The zero-order chi connectivity index (χ0) is 23.0. The van der Waals surface area contributed by atoms with E-state index in [1.807, 2.05) is 36.4 Å². The molecule has 168 valence electrons. The number of hydrogen-bond acceptors (Lipinski definition) is 3. The molecule has 1 heterocycles. The molecule has 2 atom stereocenters. The lowest BCUT2D eigenvalue weighted by Crippen LogP contribution is -2.42. The predicted octanol–water partition coefficient (Wildman–Crippen LogP) is 4.66. The van der Waals surface area contributed by atoms with E-state index in [1.54, 1.807) is 0 Å². The van der Waals surface area contributed by atoms with E-state index in [1.165, 1.54) is 11.1 Å². The van der Waals surface area contributed by atoms with Gasteiger partial charge in [0.25, 0.3) is 0 Å². The molecule has 1 N–H and O–H groups in total. The molecule has 1 fully saturated rings. The SMILES string of the molecule is C[C@@H]1CN([C@H](c2ccccc2)c2ccc(C#Cc3ccccc3)cc2)CCCN1CC(=O)O. The summed E-state index contributed by atoms with van der Waals surface area (Å²) in [5.74, 6) is 5.72. The fourth-order valence-electron chi connectivity index (χ4n) is 4.55. The van der Waals surface area contributed by atoms with Crippen LogP contribution in [0.15, 0.2) is 84.9 Å². The molecule has 3 aromatic rings. The second kappa shape index (κ2) is 11.0. The number of benzene rings is 3. The van der Waals surface area contributed by atoms with Gasteiger partial charge in [-0.3, -0.25) is 14.6 Å². The lowest BCUT2D eigenvalue weighted by atomic mass is 9.95. The highest BCUT2D eigenvalue weighted by Crippen LogP contribution is 2.30. The molecule has 4 heteroatoms. The molecule has 1 aliphatic rings. The van der Waals surface area contributed by atoms with Gasteiger partial charge >= 0.3 is 5.97 Å². The maximum absolute atomic E-state index is 11.3. The first-order valence-corrected chi connectivity index (χ1v) is 11.5. The topological polar surface area (TPSA) is 43.8 Å². The summed E-state index contributed by atoms with van der Waals surface area (Å²) >= 11 is 0.